The van der Waals surface area contributed by atoms with Crippen molar-refractivity contribution in [1.82, 2.24) is 0 Å². The maximum Gasteiger partial charge on any atom is 0.308 e. The van der Waals surface area contributed by atoms with Gasteiger partial charge in [0, 0.05) is 0 Å². The first-order chi connectivity index (χ1) is 14.3. The second kappa shape index (κ2) is 9.29. The van der Waals surface area contributed by atoms with Crippen molar-refractivity contribution < 1.29 is 18.7 Å². The highest BCUT2D eigenvalue weighted by Crippen LogP contribution is 2.37. The third-order valence-electron chi connectivity index (χ3n) is 5.78. The van der Waals surface area contributed by atoms with Crippen LogP contribution in [0.3, 0.4) is 0 Å². The van der Waals surface area contributed by atoms with Crippen molar-refractivity contribution in [3.8, 4) is 0 Å². The highest BCUT2D eigenvalue weighted by atomic mass is 28.4. The molecule has 1 aliphatic rings. The Labute approximate surface area is 181 Å². The van der Waals surface area contributed by atoms with Crippen LogP contribution in [0.25, 0.3) is 0 Å². The number of hydrogen-bond donors (Lipinski definition) is 0. The average Bonchev–Trinajstić information content (AvgIpc) is 3.08. The van der Waals surface area contributed by atoms with Crippen molar-refractivity contribution in [3.63, 3.8) is 0 Å². The second-order valence-electron chi connectivity index (χ2n) is 8.86. The molecule has 1 heterocycles. The lowest BCUT2D eigenvalue weighted by molar-refractivity contribution is -0.143. The lowest BCUT2D eigenvalue weighted by atomic mass is 10.1. The van der Waals surface area contributed by atoms with Gasteiger partial charge >= 0.3 is 5.97 Å². The molecular weight excluding hydrogens is 392 g/mol. The molecule has 0 aliphatic carbocycles. The molecule has 30 heavy (non-hydrogen) atoms. The van der Waals surface area contributed by atoms with Gasteiger partial charge in [0.1, 0.15) is 0 Å². The van der Waals surface area contributed by atoms with E-state index in [0.29, 0.717) is 13.0 Å². The molecule has 1 aliphatic heterocycles. The lowest BCUT2D eigenvalue weighted by Crippen LogP contribution is -2.67. The van der Waals surface area contributed by atoms with Crippen molar-refractivity contribution in [2.24, 2.45) is 0 Å². The Bertz CT molecular complexity index is 818. The molecule has 5 heteroatoms. The van der Waals surface area contributed by atoms with Gasteiger partial charge in [-0.2, -0.15) is 0 Å². The number of benzene rings is 2. The van der Waals surface area contributed by atoms with Gasteiger partial charge in [0.25, 0.3) is 8.32 Å². The molecular formula is C25H32O4Si. The Morgan fingerprint density at radius 2 is 1.60 bits per heavy atom. The van der Waals surface area contributed by atoms with Crippen LogP contribution in [0.15, 0.2) is 72.8 Å². The first kappa shape index (κ1) is 22.5. The van der Waals surface area contributed by atoms with Crippen molar-refractivity contribution >= 4 is 24.7 Å². The van der Waals surface area contributed by atoms with Gasteiger partial charge in [-0.05, 0) is 27.4 Å². The molecule has 1 fully saturated rings. The molecule has 0 bridgehead atoms. The zero-order valence-electron chi connectivity index (χ0n) is 18.4. The van der Waals surface area contributed by atoms with Crippen LogP contribution >= 0.6 is 0 Å². The van der Waals surface area contributed by atoms with E-state index in [4.69, 9.17) is 13.9 Å². The molecule has 2 aromatic carbocycles. The van der Waals surface area contributed by atoms with E-state index >= 15 is 0 Å². The number of carbonyl (C=O) groups is 1. The molecule has 2 atom stereocenters. The van der Waals surface area contributed by atoms with Gasteiger partial charge in [0.2, 0.25) is 0 Å². The Morgan fingerprint density at radius 3 is 2.07 bits per heavy atom. The zero-order valence-corrected chi connectivity index (χ0v) is 19.4. The van der Waals surface area contributed by atoms with Crippen LogP contribution in [0.4, 0.5) is 0 Å². The van der Waals surface area contributed by atoms with E-state index in [9.17, 15) is 4.79 Å². The number of esters is 1. The fourth-order valence-corrected chi connectivity index (χ4v) is 8.90. The molecule has 0 N–H and O–H groups in total. The monoisotopic (exact) mass is 424 g/mol. The van der Waals surface area contributed by atoms with Gasteiger partial charge in [0.15, 0.2) is 0 Å². The predicted octanol–water partition coefficient (Wildman–Crippen LogP) is 3.84. The van der Waals surface area contributed by atoms with Gasteiger partial charge in [-0.1, -0.05) is 88.0 Å². The first-order valence-corrected chi connectivity index (χ1v) is 12.3. The van der Waals surface area contributed by atoms with Crippen LogP contribution in [-0.2, 0) is 18.7 Å². The summed E-state index contributed by atoms with van der Waals surface area (Å²) < 4.78 is 17.8. The highest BCUT2D eigenvalue weighted by Gasteiger charge is 2.50. The number of hydrogen-bond acceptors (Lipinski definition) is 4. The minimum Gasteiger partial charge on any atom is -0.469 e. The molecule has 2 aromatic rings. The molecule has 0 unspecified atom stereocenters. The fourth-order valence-electron chi connectivity index (χ4n) is 4.31. The largest absolute Gasteiger partial charge is 0.469 e. The Hall–Kier alpha value is -2.21. The third-order valence-corrected chi connectivity index (χ3v) is 10.8. The fraction of sp³-hybridized carbons (Fsp3) is 0.400. The van der Waals surface area contributed by atoms with E-state index in [0.717, 1.165) is 5.57 Å². The summed E-state index contributed by atoms with van der Waals surface area (Å²) in [5.74, 6) is -0.283. The van der Waals surface area contributed by atoms with E-state index in [1.54, 1.807) is 0 Å². The van der Waals surface area contributed by atoms with Crippen molar-refractivity contribution in [2.45, 2.75) is 50.9 Å². The van der Waals surface area contributed by atoms with Gasteiger partial charge in [-0.25, -0.2) is 0 Å². The summed E-state index contributed by atoms with van der Waals surface area (Å²) in [6, 6.07) is 21.1. The maximum absolute atomic E-state index is 11.7. The minimum atomic E-state index is -2.60. The van der Waals surface area contributed by atoms with E-state index in [2.05, 4.69) is 75.9 Å². The highest BCUT2D eigenvalue weighted by molar-refractivity contribution is 6.99. The standard InChI is InChI=1S/C25H32O4Si/c1-19-16-20(29-23(19)17-24(26)27-5)18-28-30(25(2,3)4,21-12-8-6-9-13-21)22-14-10-7-11-15-22/h6-15,20,23H,1,16-18H2,2-5H3/t20-,23-/m1/s1. The molecule has 0 radical (unpaired) electrons. The summed E-state index contributed by atoms with van der Waals surface area (Å²) in [7, 11) is -1.21. The number of ether oxygens (including phenoxy) is 2. The predicted molar refractivity (Wildman–Crippen MR) is 123 cm³/mol. The SMILES string of the molecule is C=C1C[C@H](CO[Si](c2ccccc2)(c2ccccc2)C(C)(C)C)O[C@@H]1CC(=O)OC. The van der Waals surface area contributed by atoms with Crippen LogP contribution in [0.1, 0.15) is 33.6 Å². The summed E-state index contributed by atoms with van der Waals surface area (Å²) in [4.78, 5) is 11.7. The minimum absolute atomic E-state index is 0.0866. The molecule has 0 spiro atoms. The maximum atomic E-state index is 11.7. The molecule has 4 nitrogen and oxygen atoms in total. The van der Waals surface area contributed by atoms with Crippen molar-refractivity contribution in [1.29, 1.82) is 0 Å². The summed E-state index contributed by atoms with van der Waals surface area (Å²) >= 11 is 0. The number of methoxy groups -OCH3 is 1. The van der Waals surface area contributed by atoms with E-state index in [-0.39, 0.29) is 29.6 Å². The quantitative estimate of drug-likeness (QED) is 0.385. The van der Waals surface area contributed by atoms with Crippen LogP contribution < -0.4 is 10.4 Å². The van der Waals surface area contributed by atoms with E-state index in [1.807, 2.05) is 12.1 Å². The van der Waals surface area contributed by atoms with Gasteiger partial charge in [-0.3, -0.25) is 4.79 Å². The van der Waals surface area contributed by atoms with Crippen LogP contribution in [0.2, 0.25) is 5.04 Å². The van der Waals surface area contributed by atoms with Gasteiger partial charge in [-0.15, -0.1) is 0 Å². The molecule has 160 valence electrons. The topological polar surface area (TPSA) is 44.8 Å². The van der Waals surface area contributed by atoms with Crippen LogP contribution in [0, 0.1) is 0 Å². The normalized spacial score (nSPS) is 19.7. The first-order valence-electron chi connectivity index (χ1n) is 10.4. The summed E-state index contributed by atoms with van der Waals surface area (Å²) in [6.45, 7) is 11.3. The third kappa shape index (κ3) is 4.58. The van der Waals surface area contributed by atoms with E-state index in [1.165, 1.54) is 17.5 Å². The molecule has 0 saturated carbocycles. The number of carbonyl (C=O) groups excluding carboxylic acids is 1. The zero-order chi connectivity index (χ0) is 21.8. The van der Waals surface area contributed by atoms with Crippen LogP contribution in [-0.4, -0.2) is 40.2 Å². The van der Waals surface area contributed by atoms with Crippen molar-refractivity contribution in [3.05, 3.63) is 72.8 Å². The molecule has 1 saturated heterocycles. The van der Waals surface area contributed by atoms with Crippen molar-refractivity contribution in [2.75, 3.05) is 13.7 Å². The second-order valence-corrected chi connectivity index (χ2v) is 13.2. The Morgan fingerprint density at radius 1 is 1.07 bits per heavy atom. The lowest BCUT2D eigenvalue weighted by Gasteiger charge is -2.43. The average molecular weight is 425 g/mol. The van der Waals surface area contributed by atoms with E-state index < -0.39 is 8.32 Å². The summed E-state index contributed by atoms with van der Waals surface area (Å²) in [5.41, 5.74) is 0.927. The Kier molecular flexibility index (Phi) is 6.96. The van der Waals surface area contributed by atoms with Gasteiger partial charge < -0.3 is 13.9 Å². The summed E-state index contributed by atoms with van der Waals surface area (Å²) in [5, 5.41) is 2.40. The Balaban J connectivity index is 1.89. The smallest absolute Gasteiger partial charge is 0.308 e. The van der Waals surface area contributed by atoms with Crippen LogP contribution in [0.5, 0.6) is 0 Å². The molecule has 0 amide bonds. The molecule has 0 aromatic heterocycles. The summed E-state index contributed by atoms with van der Waals surface area (Å²) in [6.07, 6.45) is 0.476. The molecule has 3 rings (SSSR count). The number of rotatable bonds is 7. The van der Waals surface area contributed by atoms with Gasteiger partial charge in [0.05, 0.1) is 32.3 Å².